The van der Waals surface area contributed by atoms with Gasteiger partial charge in [-0.3, -0.25) is 14.8 Å². The molecule has 2 atom stereocenters. The van der Waals surface area contributed by atoms with Crippen LogP contribution in [0.15, 0.2) is 78.0 Å². The van der Waals surface area contributed by atoms with E-state index < -0.39 is 51.8 Å². The maximum absolute atomic E-state index is 14.9. The Bertz CT molecular complexity index is 2130. The molecule has 1 saturated heterocycles. The third kappa shape index (κ3) is 7.92. The Labute approximate surface area is 302 Å². The molecule has 1 aliphatic rings. The smallest absolute Gasteiger partial charge is 0.493 e. The molecule has 0 bridgehead atoms. The first-order valence-corrected chi connectivity index (χ1v) is 17.7. The molecule has 1 fully saturated rings. The molecule has 2 N–H and O–H groups in total. The molecule has 1 aromatic heterocycles. The van der Waals surface area contributed by atoms with Crippen molar-refractivity contribution in [2.75, 3.05) is 43.7 Å². The number of methoxy groups -OCH3 is 3. The van der Waals surface area contributed by atoms with Crippen LogP contribution in [0.1, 0.15) is 43.0 Å². The molecule has 1 unspecified atom stereocenters. The number of nitrogens with zero attached hydrogens (tertiary/aromatic N) is 4. The van der Waals surface area contributed by atoms with Crippen LogP contribution in [0.3, 0.4) is 0 Å². The summed E-state index contributed by atoms with van der Waals surface area (Å²) < 4.78 is 81.9. The Kier molecular flexibility index (Phi) is 11.3. The van der Waals surface area contributed by atoms with Crippen LogP contribution in [0, 0.1) is 0 Å². The number of hydroxylamine groups is 1. The van der Waals surface area contributed by atoms with E-state index in [9.17, 15) is 36.0 Å². The zero-order valence-corrected chi connectivity index (χ0v) is 29.8. The monoisotopic (exact) mass is 759 g/mol. The second-order valence-electron chi connectivity index (χ2n) is 11.8. The molecule has 1 aliphatic heterocycles. The third-order valence-electron chi connectivity index (χ3n) is 8.74. The van der Waals surface area contributed by atoms with Crippen LogP contribution in [-0.4, -0.2) is 76.1 Å². The Balaban J connectivity index is 1.64. The Morgan fingerprint density at radius 3 is 2.34 bits per heavy atom. The number of carbonyl (C=O) groups excluding carboxylic acids is 3. The number of alkyl halides is 3. The van der Waals surface area contributed by atoms with Crippen molar-refractivity contribution in [3.8, 4) is 11.5 Å². The number of hydrogen-bond donors (Lipinski definition) is 1. The molecule has 2 heterocycles. The van der Waals surface area contributed by atoms with Crippen LogP contribution >= 0.6 is 0 Å². The summed E-state index contributed by atoms with van der Waals surface area (Å²) in [5.74, 6) is 3.83. The molecule has 18 heteroatoms. The highest BCUT2D eigenvalue weighted by molar-refractivity contribution is 7.91. The first-order chi connectivity index (χ1) is 25.1. The molecule has 0 radical (unpaired) electrons. The number of benzene rings is 3. The van der Waals surface area contributed by atoms with Crippen LogP contribution in [0.2, 0.25) is 0 Å². The Morgan fingerprint density at radius 2 is 1.68 bits per heavy atom. The Morgan fingerprint density at radius 1 is 0.962 bits per heavy atom. The first-order valence-electron chi connectivity index (χ1n) is 16.1. The minimum atomic E-state index is -5.48. The molecule has 0 saturated carbocycles. The first kappa shape index (κ1) is 38.6. The fraction of sp³-hybridized carbons (Fsp3) is 0.314. The number of anilines is 2. The largest absolute Gasteiger partial charge is 0.493 e. The summed E-state index contributed by atoms with van der Waals surface area (Å²) in [6.45, 7) is 1.53. The summed E-state index contributed by atoms with van der Waals surface area (Å²) in [4.78, 5) is 49.0. The summed E-state index contributed by atoms with van der Waals surface area (Å²) in [6.07, 6.45) is -3.09. The van der Waals surface area contributed by atoms with Gasteiger partial charge in [-0.25, -0.2) is 23.8 Å². The molecule has 5 rings (SSSR count). The number of pyridine rings is 1. The average molecular weight is 760 g/mol. The lowest BCUT2D eigenvalue weighted by molar-refractivity contribution is -0.200. The van der Waals surface area contributed by atoms with Crippen molar-refractivity contribution >= 4 is 50.0 Å². The number of hydrogen-bond acceptors (Lipinski definition) is 12. The van der Waals surface area contributed by atoms with Gasteiger partial charge in [0.25, 0.3) is 5.91 Å². The molecule has 4 aromatic rings. The molecule has 282 valence electrons. The van der Waals surface area contributed by atoms with Gasteiger partial charge in [-0.2, -0.15) is 13.2 Å². The maximum Gasteiger partial charge on any atom is 0.493 e. The fourth-order valence-electron chi connectivity index (χ4n) is 6.11. The lowest BCUT2D eigenvalue weighted by Crippen LogP contribution is -2.46. The van der Waals surface area contributed by atoms with Crippen LogP contribution < -0.4 is 25.4 Å². The zero-order chi connectivity index (χ0) is 38.7. The molecular formula is C35H36F3N5O9S. The minimum Gasteiger partial charge on any atom is -0.493 e. The van der Waals surface area contributed by atoms with Gasteiger partial charge in [-0.15, -0.1) is 5.06 Å². The number of ether oxygens (including phenoxy) is 3. The second-order valence-corrected chi connectivity index (χ2v) is 14.0. The zero-order valence-electron chi connectivity index (χ0n) is 29.0. The average Bonchev–Trinajstić information content (AvgIpc) is 3.66. The van der Waals surface area contributed by atoms with Crippen LogP contribution in [0.5, 0.6) is 11.5 Å². The van der Waals surface area contributed by atoms with Crippen molar-refractivity contribution in [3.05, 3.63) is 84.2 Å². The van der Waals surface area contributed by atoms with Crippen LogP contribution in [-0.2, 0) is 29.0 Å². The SMILES string of the molecule is CCS(=O)(=O)c1ccc(N(OC(=O)C(F)(F)F)C(=O)OC)cc1C1CCCN1C(=O)[C@@H](c1ccc(OC)c(OC)c1)N(N)c1ccc2cnccc2c1. The standard InChI is InChI=1S/C35H36F3N5O9S/c1-5-53(47,48)30-13-11-25(43(34(46)51-4)52-33(45)35(36,37)38)19-26(30)27-7-6-16-41(27)32(44)31(22-9-12-28(49-2)29(18-22)50-3)42(39)24-10-8-23-20-40-15-14-21(23)17-24/h8-15,17-20,27,31H,5-7,16,39H2,1-4H3/t27?,31-/m1/s1. The number of carbonyl (C=O) groups is 3. The number of nitrogens with two attached hydrogens (primary N) is 1. The topological polar surface area (TPSA) is 171 Å². The third-order valence-corrected chi connectivity index (χ3v) is 10.5. The van der Waals surface area contributed by atoms with Gasteiger partial charge in [0, 0.05) is 24.3 Å². The number of aromatic nitrogens is 1. The number of sulfone groups is 1. The van der Waals surface area contributed by atoms with Crippen molar-refractivity contribution in [2.24, 2.45) is 5.84 Å². The van der Waals surface area contributed by atoms with Gasteiger partial charge in [0.15, 0.2) is 21.3 Å². The molecule has 2 amide bonds. The van der Waals surface area contributed by atoms with Crippen molar-refractivity contribution in [3.63, 3.8) is 0 Å². The van der Waals surface area contributed by atoms with Gasteiger partial charge in [-0.05, 0) is 77.9 Å². The number of amides is 2. The van der Waals surface area contributed by atoms with Gasteiger partial charge in [-0.1, -0.05) is 19.1 Å². The predicted octanol–water partition coefficient (Wildman–Crippen LogP) is 5.42. The van der Waals surface area contributed by atoms with Crippen molar-refractivity contribution in [1.82, 2.24) is 9.88 Å². The highest BCUT2D eigenvalue weighted by atomic mass is 32.2. The van der Waals surface area contributed by atoms with Crippen molar-refractivity contribution in [2.45, 2.75) is 42.9 Å². The summed E-state index contributed by atoms with van der Waals surface area (Å²) in [5.41, 5.74) is 0.354. The lowest BCUT2D eigenvalue weighted by Gasteiger charge is -2.35. The van der Waals surface area contributed by atoms with Crippen molar-refractivity contribution in [1.29, 1.82) is 0 Å². The lowest BCUT2D eigenvalue weighted by atomic mass is 10.00. The number of likely N-dealkylation sites (tertiary alicyclic amines) is 1. The summed E-state index contributed by atoms with van der Waals surface area (Å²) in [7, 11) is -0.295. The van der Waals surface area contributed by atoms with E-state index in [0.717, 1.165) is 36.1 Å². The number of hydrazine groups is 1. The highest BCUT2D eigenvalue weighted by Crippen LogP contribution is 2.42. The summed E-state index contributed by atoms with van der Waals surface area (Å²) in [6, 6.07) is 12.8. The molecule has 0 aliphatic carbocycles. The summed E-state index contributed by atoms with van der Waals surface area (Å²) in [5, 5.41) is 2.85. The molecule has 14 nitrogen and oxygen atoms in total. The van der Waals surface area contributed by atoms with E-state index in [1.807, 2.05) is 0 Å². The van der Waals surface area contributed by atoms with Gasteiger partial charge in [0.05, 0.1) is 49.4 Å². The fourth-order valence-corrected chi connectivity index (χ4v) is 7.25. The number of rotatable bonds is 10. The van der Waals surface area contributed by atoms with Gasteiger partial charge < -0.3 is 23.9 Å². The predicted molar refractivity (Wildman–Crippen MR) is 186 cm³/mol. The quantitative estimate of drug-likeness (QED) is 0.161. The normalized spacial score (nSPS) is 15.1. The Hall–Kier alpha value is -5.62. The molecular weight excluding hydrogens is 723 g/mol. The molecule has 53 heavy (non-hydrogen) atoms. The minimum absolute atomic E-state index is 0.0278. The van der Waals surface area contributed by atoms with E-state index in [1.54, 1.807) is 54.9 Å². The van der Waals surface area contributed by atoms with Gasteiger partial charge in [0.2, 0.25) is 0 Å². The summed E-state index contributed by atoms with van der Waals surface area (Å²) >= 11 is 0. The number of fused-ring (bicyclic) bond motifs is 1. The van der Waals surface area contributed by atoms with E-state index in [2.05, 4.69) is 14.6 Å². The maximum atomic E-state index is 14.9. The molecule has 0 spiro atoms. The van der Waals surface area contributed by atoms with E-state index in [1.165, 1.54) is 31.1 Å². The van der Waals surface area contributed by atoms with E-state index in [0.29, 0.717) is 29.2 Å². The van der Waals surface area contributed by atoms with E-state index in [-0.39, 0.29) is 34.2 Å². The highest BCUT2D eigenvalue weighted by Gasteiger charge is 2.45. The van der Waals surface area contributed by atoms with E-state index >= 15 is 0 Å². The van der Waals surface area contributed by atoms with Crippen LogP contribution in [0.4, 0.5) is 29.3 Å². The molecule has 3 aromatic carbocycles. The van der Waals surface area contributed by atoms with Crippen molar-refractivity contribution < 1.29 is 55.0 Å². The van der Waals surface area contributed by atoms with Crippen LogP contribution in [0.25, 0.3) is 10.8 Å². The second kappa shape index (κ2) is 15.5. The van der Waals surface area contributed by atoms with Gasteiger partial charge >= 0.3 is 18.2 Å². The number of halogens is 3. The van der Waals surface area contributed by atoms with E-state index in [4.69, 9.17) is 15.3 Å². The van der Waals surface area contributed by atoms with Gasteiger partial charge in [0.1, 0.15) is 6.04 Å².